The van der Waals surface area contributed by atoms with Crippen molar-refractivity contribution in [3.63, 3.8) is 0 Å². The van der Waals surface area contributed by atoms with Gasteiger partial charge in [0.05, 0.1) is 13.0 Å². The van der Waals surface area contributed by atoms with Crippen molar-refractivity contribution < 1.29 is 29.3 Å². The zero-order chi connectivity index (χ0) is 20.1. The predicted octanol–water partition coefficient (Wildman–Crippen LogP) is 1.56. The van der Waals surface area contributed by atoms with Crippen LogP contribution in [0.25, 0.3) is 0 Å². The molecule has 27 heavy (non-hydrogen) atoms. The summed E-state index contributed by atoms with van der Waals surface area (Å²) in [4.78, 5) is 33.5. The molecule has 1 amide bonds. The number of carbonyl (C=O) groups excluding carboxylic acids is 1. The molecule has 0 fully saturated rings. The third-order valence-electron chi connectivity index (χ3n) is 3.93. The SMILES string of the molecule is NCCCCCCOc1ccc(CC(NC(=O)CCC(=O)O)C(=O)O)cc1. The number of nitrogens with two attached hydrogens (primary N) is 1. The molecule has 0 saturated carbocycles. The lowest BCUT2D eigenvalue weighted by Crippen LogP contribution is -2.42. The van der Waals surface area contributed by atoms with Crippen molar-refractivity contribution >= 4 is 17.8 Å². The second kappa shape index (κ2) is 12.7. The minimum Gasteiger partial charge on any atom is -0.494 e. The number of unbranched alkanes of at least 4 members (excludes halogenated alkanes) is 3. The van der Waals surface area contributed by atoms with Crippen molar-refractivity contribution in [2.75, 3.05) is 13.2 Å². The van der Waals surface area contributed by atoms with E-state index in [-0.39, 0.29) is 19.3 Å². The van der Waals surface area contributed by atoms with Crippen LogP contribution in [0.2, 0.25) is 0 Å². The number of hydrogen-bond acceptors (Lipinski definition) is 5. The first-order valence-corrected chi connectivity index (χ1v) is 9.08. The molecule has 0 spiro atoms. The van der Waals surface area contributed by atoms with Crippen molar-refractivity contribution in [2.24, 2.45) is 5.73 Å². The lowest BCUT2D eigenvalue weighted by Gasteiger charge is -2.15. The molecule has 0 aliphatic heterocycles. The Morgan fingerprint density at radius 3 is 2.26 bits per heavy atom. The van der Waals surface area contributed by atoms with Crippen LogP contribution in [0, 0.1) is 0 Å². The highest BCUT2D eigenvalue weighted by atomic mass is 16.5. The molecule has 0 heterocycles. The molecule has 0 saturated heterocycles. The summed E-state index contributed by atoms with van der Waals surface area (Å²) in [5.74, 6) is -2.17. The molecule has 1 atom stereocenters. The maximum atomic E-state index is 11.7. The molecule has 1 rings (SSSR count). The molecule has 1 unspecified atom stereocenters. The van der Waals surface area contributed by atoms with Crippen LogP contribution in [0.1, 0.15) is 44.1 Å². The van der Waals surface area contributed by atoms with E-state index in [0.29, 0.717) is 18.9 Å². The number of benzene rings is 1. The second-order valence-corrected chi connectivity index (χ2v) is 6.25. The molecule has 8 heteroatoms. The Bertz CT molecular complexity index is 603. The zero-order valence-corrected chi connectivity index (χ0v) is 15.4. The van der Waals surface area contributed by atoms with E-state index < -0.39 is 23.9 Å². The fraction of sp³-hybridized carbons (Fsp3) is 0.526. The van der Waals surface area contributed by atoms with Crippen LogP contribution in [0.3, 0.4) is 0 Å². The van der Waals surface area contributed by atoms with Crippen LogP contribution in [-0.2, 0) is 20.8 Å². The summed E-state index contributed by atoms with van der Waals surface area (Å²) in [7, 11) is 0. The van der Waals surface area contributed by atoms with E-state index >= 15 is 0 Å². The van der Waals surface area contributed by atoms with Crippen LogP contribution >= 0.6 is 0 Å². The summed E-state index contributed by atoms with van der Waals surface area (Å²) in [6.07, 6.45) is 3.64. The quantitative estimate of drug-likeness (QED) is 0.359. The first kappa shape index (κ1) is 22.4. The molecule has 5 N–H and O–H groups in total. The molecular formula is C19H28N2O6. The largest absolute Gasteiger partial charge is 0.494 e. The van der Waals surface area contributed by atoms with Crippen molar-refractivity contribution in [1.29, 1.82) is 0 Å². The maximum Gasteiger partial charge on any atom is 0.326 e. The normalized spacial score (nSPS) is 11.6. The first-order chi connectivity index (χ1) is 12.9. The van der Waals surface area contributed by atoms with Gasteiger partial charge in [0.1, 0.15) is 11.8 Å². The highest BCUT2D eigenvalue weighted by Gasteiger charge is 2.20. The Balaban J connectivity index is 2.44. The Kier molecular flexibility index (Phi) is 10.5. The lowest BCUT2D eigenvalue weighted by molar-refractivity contribution is -0.142. The van der Waals surface area contributed by atoms with Crippen LogP contribution in [0.15, 0.2) is 24.3 Å². The molecule has 0 radical (unpaired) electrons. The number of carbonyl (C=O) groups is 3. The molecule has 150 valence electrons. The molecule has 8 nitrogen and oxygen atoms in total. The van der Waals surface area contributed by atoms with E-state index in [1.807, 2.05) is 0 Å². The van der Waals surface area contributed by atoms with E-state index in [2.05, 4.69) is 5.32 Å². The van der Waals surface area contributed by atoms with E-state index in [1.165, 1.54) is 0 Å². The highest BCUT2D eigenvalue weighted by Crippen LogP contribution is 2.14. The smallest absolute Gasteiger partial charge is 0.326 e. The van der Waals surface area contributed by atoms with Gasteiger partial charge in [-0.1, -0.05) is 25.0 Å². The van der Waals surface area contributed by atoms with Gasteiger partial charge in [0, 0.05) is 12.8 Å². The average molecular weight is 380 g/mol. The molecule has 0 aromatic heterocycles. The highest BCUT2D eigenvalue weighted by molar-refractivity contribution is 5.85. The summed E-state index contributed by atoms with van der Waals surface area (Å²) < 4.78 is 5.64. The minimum absolute atomic E-state index is 0.105. The number of carboxylic acids is 2. The fourth-order valence-corrected chi connectivity index (χ4v) is 2.43. The zero-order valence-electron chi connectivity index (χ0n) is 15.4. The van der Waals surface area contributed by atoms with Crippen molar-refractivity contribution in [3.05, 3.63) is 29.8 Å². The predicted molar refractivity (Wildman–Crippen MR) is 99.6 cm³/mol. The van der Waals surface area contributed by atoms with E-state index in [4.69, 9.17) is 15.6 Å². The van der Waals surface area contributed by atoms with Gasteiger partial charge in [-0.15, -0.1) is 0 Å². The van der Waals surface area contributed by atoms with Gasteiger partial charge >= 0.3 is 11.9 Å². The van der Waals surface area contributed by atoms with Gasteiger partial charge in [0.15, 0.2) is 0 Å². The monoisotopic (exact) mass is 380 g/mol. The molecular weight excluding hydrogens is 352 g/mol. The van der Waals surface area contributed by atoms with E-state index in [1.54, 1.807) is 24.3 Å². The molecule has 0 aliphatic carbocycles. The van der Waals surface area contributed by atoms with Crippen molar-refractivity contribution in [2.45, 2.75) is 51.0 Å². The Morgan fingerprint density at radius 1 is 1.00 bits per heavy atom. The van der Waals surface area contributed by atoms with E-state index in [0.717, 1.165) is 31.2 Å². The number of aliphatic carboxylic acids is 2. The molecule has 1 aromatic rings. The van der Waals surface area contributed by atoms with Crippen LogP contribution in [0.4, 0.5) is 0 Å². The number of rotatable bonds is 14. The summed E-state index contributed by atoms with van der Waals surface area (Å²) in [5, 5.41) is 20.2. The Hall–Kier alpha value is -2.61. The molecule has 1 aromatic carbocycles. The number of carboxylic acid groups (broad SMARTS) is 2. The summed E-state index contributed by atoms with van der Waals surface area (Å²) >= 11 is 0. The van der Waals surface area contributed by atoms with Gasteiger partial charge in [-0.3, -0.25) is 9.59 Å². The number of amides is 1. The standard InChI is InChI=1S/C19H28N2O6/c20-11-3-1-2-4-12-27-15-7-5-14(6-8-15)13-16(19(25)26)21-17(22)9-10-18(23)24/h5-8,16H,1-4,9-13,20H2,(H,21,22)(H,23,24)(H,25,26). The average Bonchev–Trinajstić information content (AvgIpc) is 2.63. The molecule has 0 aliphatic rings. The van der Waals surface area contributed by atoms with Crippen LogP contribution < -0.4 is 15.8 Å². The van der Waals surface area contributed by atoms with Gasteiger partial charge in [0.2, 0.25) is 5.91 Å². The minimum atomic E-state index is -1.17. The number of hydrogen-bond donors (Lipinski definition) is 4. The summed E-state index contributed by atoms with van der Waals surface area (Å²) in [6.45, 7) is 1.32. The summed E-state index contributed by atoms with van der Waals surface area (Å²) in [6, 6.07) is 5.92. The van der Waals surface area contributed by atoms with Crippen molar-refractivity contribution in [3.8, 4) is 5.75 Å². The van der Waals surface area contributed by atoms with E-state index in [9.17, 15) is 19.5 Å². The van der Waals surface area contributed by atoms with Gasteiger partial charge in [-0.25, -0.2) is 4.79 Å². The topological polar surface area (TPSA) is 139 Å². The lowest BCUT2D eigenvalue weighted by atomic mass is 10.1. The van der Waals surface area contributed by atoms with Gasteiger partial charge < -0.3 is 26.0 Å². The van der Waals surface area contributed by atoms with Crippen LogP contribution in [0.5, 0.6) is 5.75 Å². The van der Waals surface area contributed by atoms with Gasteiger partial charge in [-0.05, 0) is 37.1 Å². The number of ether oxygens (including phenoxy) is 1. The number of nitrogens with one attached hydrogen (secondary N) is 1. The Morgan fingerprint density at radius 2 is 1.67 bits per heavy atom. The third kappa shape index (κ3) is 10.2. The Labute approximate surface area is 158 Å². The summed E-state index contributed by atoms with van der Waals surface area (Å²) in [5.41, 5.74) is 6.17. The first-order valence-electron chi connectivity index (χ1n) is 9.08. The van der Waals surface area contributed by atoms with Crippen LogP contribution in [-0.4, -0.2) is 47.3 Å². The second-order valence-electron chi connectivity index (χ2n) is 6.25. The van der Waals surface area contributed by atoms with Gasteiger partial charge in [-0.2, -0.15) is 0 Å². The maximum absolute atomic E-state index is 11.7. The van der Waals surface area contributed by atoms with Gasteiger partial charge in [0.25, 0.3) is 0 Å². The molecule has 0 bridgehead atoms. The third-order valence-corrected chi connectivity index (χ3v) is 3.93. The fourth-order valence-electron chi connectivity index (χ4n) is 2.43. The van der Waals surface area contributed by atoms with Crippen molar-refractivity contribution in [1.82, 2.24) is 5.32 Å².